The lowest BCUT2D eigenvalue weighted by atomic mass is 9.90. The van der Waals surface area contributed by atoms with Gasteiger partial charge in [0.05, 0.1) is 5.25 Å². The number of carbonyl (C=O) groups excluding carboxylic acids is 1. The number of hydrogen-bond acceptors (Lipinski definition) is 3. The zero-order chi connectivity index (χ0) is 20.2. The lowest BCUT2D eigenvalue weighted by Gasteiger charge is -2.29. The van der Waals surface area contributed by atoms with Crippen LogP contribution in [0.5, 0.6) is 0 Å². The van der Waals surface area contributed by atoms with Gasteiger partial charge in [-0.05, 0) is 37.1 Å². The maximum Gasteiger partial charge on any atom is 0.223 e. The molecule has 6 heteroatoms. The minimum Gasteiger partial charge on any atom is -0.343 e. The van der Waals surface area contributed by atoms with Gasteiger partial charge in [-0.1, -0.05) is 42.5 Å². The first-order chi connectivity index (χ1) is 12.7. The van der Waals surface area contributed by atoms with E-state index in [0.29, 0.717) is 13.1 Å². The van der Waals surface area contributed by atoms with Crippen molar-refractivity contribution in [3.05, 3.63) is 48.0 Å². The van der Waals surface area contributed by atoms with E-state index < -0.39 is 21.2 Å². The van der Waals surface area contributed by atoms with Gasteiger partial charge in [-0.2, -0.15) is 0 Å². The molecule has 148 valence electrons. The number of amides is 1. The first-order valence-electron chi connectivity index (χ1n) is 9.40. The van der Waals surface area contributed by atoms with Crippen LogP contribution in [0.25, 0.3) is 10.8 Å². The molecule has 0 heterocycles. The molecule has 0 spiro atoms. The van der Waals surface area contributed by atoms with Gasteiger partial charge in [-0.25, -0.2) is 12.7 Å². The van der Waals surface area contributed by atoms with E-state index in [2.05, 4.69) is 0 Å². The standard InChI is InChI=1S/C21H30N2O3S/c1-6-23(7-2)21(24)15-20(16(3)27(25,26)22(4)5)19-13-12-17-10-8-9-11-18(17)14-19/h8-14,16,20H,6-7,15H2,1-5H3/t16-,20-/m0/s1. The highest BCUT2D eigenvalue weighted by atomic mass is 32.2. The number of nitrogens with zero attached hydrogens (tertiary/aromatic N) is 2. The zero-order valence-corrected chi connectivity index (χ0v) is 17.7. The Morgan fingerprint density at radius 1 is 1.00 bits per heavy atom. The third-order valence-corrected chi connectivity index (χ3v) is 7.54. The van der Waals surface area contributed by atoms with Gasteiger partial charge in [0.15, 0.2) is 0 Å². The molecule has 0 aliphatic heterocycles. The summed E-state index contributed by atoms with van der Waals surface area (Å²) in [6.07, 6.45) is 0.175. The van der Waals surface area contributed by atoms with Gasteiger partial charge in [-0.3, -0.25) is 4.79 Å². The average Bonchev–Trinajstić information content (AvgIpc) is 2.66. The highest BCUT2D eigenvalue weighted by Crippen LogP contribution is 2.32. The number of carbonyl (C=O) groups is 1. The number of fused-ring (bicyclic) bond motifs is 1. The Hall–Kier alpha value is -1.92. The molecule has 0 aromatic heterocycles. The molecule has 2 aromatic carbocycles. The molecule has 2 rings (SSSR count). The molecule has 0 aliphatic rings. The topological polar surface area (TPSA) is 57.7 Å². The zero-order valence-electron chi connectivity index (χ0n) is 16.8. The van der Waals surface area contributed by atoms with Crippen LogP contribution >= 0.6 is 0 Å². The Bertz CT molecular complexity index is 889. The number of hydrogen-bond donors (Lipinski definition) is 0. The predicted octanol–water partition coefficient (Wildman–Crippen LogP) is 3.46. The predicted molar refractivity (Wildman–Crippen MR) is 111 cm³/mol. The van der Waals surface area contributed by atoms with Crippen molar-refractivity contribution in [1.82, 2.24) is 9.21 Å². The maximum absolute atomic E-state index is 12.8. The Morgan fingerprint density at radius 3 is 2.15 bits per heavy atom. The summed E-state index contributed by atoms with van der Waals surface area (Å²) >= 11 is 0. The number of benzene rings is 2. The molecule has 0 fully saturated rings. The third kappa shape index (κ3) is 4.68. The fourth-order valence-corrected chi connectivity index (χ4v) is 4.76. The number of rotatable bonds is 8. The molecule has 0 aliphatic carbocycles. The van der Waals surface area contributed by atoms with Crippen LogP contribution in [0.4, 0.5) is 0 Å². The lowest BCUT2D eigenvalue weighted by molar-refractivity contribution is -0.131. The highest BCUT2D eigenvalue weighted by molar-refractivity contribution is 7.89. The van der Waals surface area contributed by atoms with Gasteiger partial charge in [-0.15, -0.1) is 0 Å². The summed E-state index contributed by atoms with van der Waals surface area (Å²) in [4.78, 5) is 14.5. The van der Waals surface area contributed by atoms with Crippen LogP contribution in [0.2, 0.25) is 0 Å². The minimum atomic E-state index is -3.50. The molecular weight excluding hydrogens is 360 g/mol. The minimum absolute atomic E-state index is 0.0148. The first-order valence-corrected chi connectivity index (χ1v) is 10.9. The van der Waals surface area contributed by atoms with Crippen LogP contribution < -0.4 is 0 Å². The summed E-state index contributed by atoms with van der Waals surface area (Å²) in [7, 11) is -0.425. The molecule has 0 N–H and O–H groups in total. The van der Waals surface area contributed by atoms with E-state index in [1.165, 1.54) is 18.4 Å². The van der Waals surface area contributed by atoms with Crippen molar-refractivity contribution in [1.29, 1.82) is 0 Å². The van der Waals surface area contributed by atoms with E-state index >= 15 is 0 Å². The van der Waals surface area contributed by atoms with Crippen molar-refractivity contribution in [3.8, 4) is 0 Å². The van der Waals surface area contributed by atoms with Crippen LogP contribution in [0.1, 0.15) is 38.7 Å². The molecule has 0 saturated carbocycles. The van der Waals surface area contributed by atoms with Crippen molar-refractivity contribution < 1.29 is 13.2 Å². The Morgan fingerprint density at radius 2 is 1.59 bits per heavy atom. The van der Waals surface area contributed by atoms with E-state index in [9.17, 15) is 13.2 Å². The molecule has 5 nitrogen and oxygen atoms in total. The second kappa shape index (κ2) is 8.85. The summed E-state index contributed by atoms with van der Waals surface area (Å²) in [6, 6.07) is 13.9. The van der Waals surface area contributed by atoms with Gasteiger partial charge < -0.3 is 4.90 Å². The van der Waals surface area contributed by atoms with Crippen LogP contribution in [0, 0.1) is 0 Å². The summed E-state index contributed by atoms with van der Waals surface area (Å²) in [5.74, 6) is -0.422. The normalized spacial score (nSPS) is 14.3. The fraction of sp³-hybridized carbons (Fsp3) is 0.476. The van der Waals surface area contributed by atoms with Crippen LogP contribution in [-0.4, -0.2) is 56.0 Å². The van der Waals surface area contributed by atoms with Crippen molar-refractivity contribution in [2.45, 2.75) is 38.4 Å². The second-order valence-electron chi connectivity index (χ2n) is 7.02. The molecule has 2 atom stereocenters. The highest BCUT2D eigenvalue weighted by Gasteiger charge is 2.34. The van der Waals surface area contributed by atoms with Crippen molar-refractivity contribution in [3.63, 3.8) is 0 Å². The molecule has 0 radical (unpaired) electrons. The maximum atomic E-state index is 12.8. The molecule has 1 amide bonds. The average molecular weight is 391 g/mol. The van der Waals surface area contributed by atoms with Gasteiger partial charge in [0, 0.05) is 39.5 Å². The van der Waals surface area contributed by atoms with Crippen LogP contribution in [-0.2, 0) is 14.8 Å². The molecule has 2 aromatic rings. The summed E-state index contributed by atoms with van der Waals surface area (Å²) in [5.41, 5.74) is 0.882. The molecular formula is C21H30N2O3S. The Kier molecular flexibility index (Phi) is 7.00. The Labute approximate surface area is 163 Å². The van der Waals surface area contributed by atoms with Gasteiger partial charge in [0.25, 0.3) is 0 Å². The quantitative estimate of drug-likeness (QED) is 0.694. The number of sulfonamides is 1. The monoisotopic (exact) mass is 390 g/mol. The van der Waals surface area contributed by atoms with Crippen molar-refractivity contribution in [2.75, 3.05) is 27.2 Å². The summed E-state index contributed by atoms with van der Waals surface area (Å²) in [5, 5.41) is 1.44. The first kappa shape index (κ1) is 21.4. The largest absolute Gasteiger partial charge is 0.343 e. The molecule has 0 saturated heterocycles. The molecule has 0 bridgehead atoms. The van der Waals surface area contributed by atoms with E-state index in [-0.39, 0.29) is 12.3 Å². The van der Waals surface area contributed by atoms with Crippen molar-refractivity contribution >= 4 is 26.7 Å². The van der Waals surface area contributed by atoms with Gasteiger partial charge in [0.2, 0.25) is 15.9 Å². The van der Waals surface area contributed by atoms with Gasteiger partial charge in [0.1, 0.15) is 0 Å². The Balaban J connectivity index is 2.49. The van der Waals surface area contributed by atoms with E-state index in [1.54, 1.807) is 11.8 Å². The SMILES string of the molecule is CCN(CC)C(=O)C[C@H](c1ccc2ccccc2c1)[C@H](C)S(=O)(=O)N(C)C. The lowest BCUT2D eigenvalue weighted by Crippen LogP contribution is -2.39. The van der Waals surface area contributed by atoms with E-state index in [4.69, 9.17) is 0 Å². The summed E-state index contributed by atoms with van der Waals surface area (Å²) < 4.78 is 26.8. The van der Waals surface area contributed by atoms with Crippen LogP contribution in [0.15, 0.2) is 42.5 Å². The smallest absolute Gasteiger partial charge is 0.223 e. The summed E-state index contributed by atoms with van der Waals surface area (Å²) in [6.45, 7) is 6.81. The van der Waals surface area contributed by atoms with Crippen molar-refractivity contribution in [2.24, 2.45) is 0 Å². The molecule has 0 unspecified atom stereocenters. The third-order valence-electron chi connectivity index (χ3n) is 5.26. The molecule has 27 heavy (non-hydrogen) atoms. The van der Waals surface area contributed by atoms with E-state index in [0.717, 1.165) is 16.3 Å². The van der Waals surface area contributed by atoms with E-state index in [1.807, 2.05) is 56.3 Å². The van der Waals surface area contributed by atoms with Gasteiger partial charge >= 0.3 is 0 Å². The fourth-order valence-electron chi connectivity index (χ4n) is 3.43. The second-order valence-corrected chi connectivity index (χ2v) is 9.52. The van der Waals surface area contributed by atoms with Crippen LogP contribution in [0.3, 0.4) is 0 Å².